The average molecular weight is 381 g/mol. The summed E-state index contributed by atoms with van der Waals surface area (Å²) in [5.41, 5.74) is 1.87. The molecule has 2 rings (SSSR count). The minimum absolute atomic E-state index is 0. The van der Waals surface area contributed by atoms with Crippen LogP contribution in [0.4, 0.5) is 4.39 Å². The molecule has 0 aliphatic carbocycles. The van der Waals surface area contributed by atoms with Crippen LogP contribution in [0.1, 0.15) is 11.1 Å². The SMILES string of the molecule is Cc1ccc(F)[c-]c1Cn1cccn1.[Ir]. The predicted octanol–water partition coefficient (Wildman–Crippen LogP) is 2.18. The molecule has 0 saturated heterocycles. The summed E-state index contributed by atoms with van der Waals surface area (Å²) >= 11 is 0. The molecule has 0 atom stereocenters. The standard InChI is InChI=1S/C11H10FN2.Ir/c1-9-3-4-11(12)7-10(9)8-14-6-2-5-13-14;/h2-6H,8H2,1H3;/q-1;. The van der Waals surface area contributed by atoms with Crippen molar-refractivity contribution < 1.29 is 24.5 Å². The van der Waals surface area contributed by atoms with Gasteiger partial charge in [0.05, 0.1) is 0 Å². The molecular formula is C11H10FIrN2-. The molecule has 0 spiro atoms. The Bertz CT molecular complexity index is 426. The van der Waals surface area contributed by atoms with E-state index in [0.29, 0.717) is 6.54 Å². The topological polar surface area (TPSA) is 17.8 Å². The van der Waals surface area contributed by atoms with Crippen molar-refractivity contribution in [3.63, 3.8) is 0 Å². The van der Waals surface area contributed by atoms with Gasteiger partial charge in [-0.05, 0) is 6.07 Å². The number of hydrogen-bond acceptors (Lipinski definition) is 1. The van der Waals surface area contributed by atoms with Crippen LogP contribution in [0.5, 0.6) is 0 Å². The Hall–Kier alpha value is -0.991. The largest absolute Gasteiger partial charge is 0.270 e. The van der Waals surface area contributed by atoms with E-state index < -0.39 is 0 Å². The smallest absolute Gasteiger partial charge is 0.0489 e. The van der Waals surface area contributed by atoms with Crippen LogP contribution in [0.15, 0.2) is 30.6 Å². The van der Waals surface area contributed by atoms with Gasteiger partial charge in [-0.15, -0.1) is 17.7 Å². The van der Waals surface area contributed by atoms with Crippen molar-refractivity contribution in [2.45, 2.75) is 13.5 Å². The number of aryl methyl sites for hydroxylation is 1. The summed E-state index contributed by atoms with van der Waals surface area (Å²) in [5.74, 6) is -0.322. The quantitative estimate of drug-likeness (QED) is 0.730. The van der Waals surface area contributed by atoms with Gasteiger partial charge in [-0.25, -0.2) is 4.39 Å². The average Bonchev–Trinajstić information content (AvgIpc) is 2.64. The molecule has 0 fully saturated rings. The second-order valence-corrected chi connectivity index (χ2v) is 3.17. The number of rotatable bonds is 2. The molecule has 1 aromatic carbocycles. The van der Waals surface area contributed by atoms with Gasteiger partial charge >= 0.3 is 0 Å². The number of hydrogen-bond donors (Lipinski definition) is 0. The zero-order chi connectivity index (χ0) is 9.97. The van der Waals surface area contributed by atoms with Gasteiger partial charge in [-0.2, -0.15) is 16.7 Å². The molecule has 1 radical (unpaired) electrons. The van der Waals surface area contributed by atoms with E-state index in [4.69, 9.17) is 0 Å². The van der Waals surface area contributed by atoms with Crippen LogP contribution in [-0.4, -0.2) is 9.78 Å². The van der Waals surface area contributed by atoms with Gasteiger partial charge in [0.1, 0.15) is 0 Å². The third-order valence-corrected chi connectivity index (χ3v) is 2.11. The van der Waals surface area contributed by atoms with Crippen molar-refractivity contribution in [3.8, 4) is 0 Å². The normalized spacial score (nSPS) is 9.73. The fourth-order valence-corrected chi connectivity index (χ4v) is 1.30. The molecule has 1 aromatic heterocycles. The zero-order valence-corrected chi connectivity index (χ0v) is 10.6. The molecule has 81 valence electrons. The Labute approximate surface area is 101 Å². The molecule has 0 aliphatic rings. The van der Waals surface area contributed by atoms with E-state index >= 15 is 0 Å². The number of aromatic nitrogens is 2. The molecule has 0 N–H and O–H groups in total. The van der Waals surface area contributed by atoms with Crippen molar-refractivity contribution >= 4 is 0 Å². The van der Waals surface area contributed by atoms with Crippen molar-refractivity contribution in [1.82, 2.24) is 9.78 Å². The second kappa shape index (κ2) is 5.19. The van der Waals surface area contributed by atoms with Crippen LogP contribution in [0, 0.1) is 18.8 Å². The van der Waals surface area contributed by atoms with Crippen molar-refractivity contribution in [2.75, 3.05) is 0 Å². The molecule has 0 amide bonds. The van der Waals surface area contributed by atoms with Crippen molar-refractivity contribution in [3.05, 3.63) is 53.6 Å². The maximum Gasteiger partial charge on any atom is 0.0489 e. The van der Waals surface area contributed by atoms with Gasteiger partial charge in [0, 0.05) is 44.9 Å². The van der Waals surface area contributed by atoms with Crippen molar-refractivity contribution in [2.24, 2.45) is 0 Å². The molecule has 0 bridgehead atoms. The summed E-state index contributed by atoms with van der Waals surface area (Å²) in [4.78, 5) is 0. The molecule has 2 aromatic rings. The number of nitrogens with zero attached hydrogens (tertiary/aromatic N) is 2. The Balaban J connectivity index is 0.00000112. The predicted molar refractivity (Wildman–Crippen MR) is 51.3 cm³/mol. The molecule has 15 heavy (non-hydrogen) atoms. The van der Waals surface area contributed by atoms with Crippen molar-refractivity contribution in [1.29, 1.82) is 0 Å². The minimum atomic E-state index is -0.322. The van der Waals surface area contributed by atoms with Crippen LogP contribution < -0.4 is 0 Å². The van der Waals surface area contributed by atoms with Crippen LogP contribution in [0.3, 0.4) is 0 Å². The molecule has 0 aliphatic heterocycles. The summed E-state index contributed by atoms with van der Waals surface area (Å²) in [6, 6.07) is 7.70. The number of benzene rings is 1. The Morgan fingerprint density at radius 2 is 2.27 bits per heavy atom. The minimum Gasteiger partial charge on any atom is -0.270 e. The van der Waals surface area contributed by atoms with Crippen LogP contribution in [0.2, 0.25) is 0 Å². The molecular weight excluding hydrogens is 371 g/mol. The van der Waals surface area contributed by atoms with E-state index in [1.165, 1.54) is 6.07 Å². The van der Waals surface area contributed by atoms with Gasteiger partial charge < -0.3 is 0 Å². The molecule has 2 nitrogen and oxygen atoms in total. The molecule has 1 heterocycles. The van der Waals surface area contributed by atoms with E-state index in [0.717, 1.165) is 11.1 Å². The van der Waals surface area contributed by atoms with E-state index in [2.05, 4.69) is 11.2 Å². The van der Waals surface area contributed by atoms with Gasteiger partial charge in [0.15, 0.2) is 0 Å². The van der Waals surface area contributed by atoms with E-state index in [1.807, 2.05) is 19.2 Å². The summed E-state index contributed by atoms with van der Waals surface area (Å²) in [6.07, 6.45) is 3.55. The van der Waals surface area contributed by atoms with E-state index in [9.17, 15) is 4.39 Å². The third kappa shape index (κ3) is 2.98. The first-order valence-corrected chi connectivity index (χ1v) is 4.40. The molecule has 4 heteroatoms. The summed E-state index contributed by atoms with van der Waals surface area (Å²) in [7, 11) is 0. The molecule has 0 unspecified atom stereocenters. The fourth-order valence-electron chi connectivity index (χ4n) is 1.30. The van der Waals surface area contributed by atoms with Crippen LogP contribution in [0.25, 0.3) is 0 Å². The monoisotopic (exact) mass is 382 g/mol. The summed E-state index contributed by atoms with van der Waals surface area (Å²) in [6.45, 7) is 2.51. The summed E-state index contributed by atoms with van der Waals surface area (Å²) in [5, 5.41) is 4.06. The van der Waals surface area contributed by atoms with Crippen LogP contribution in [-0.2, 0) is 26.7 Å². The zero-order valence-electron chi connectivity index (χ0n) is 8.20. The maximum absolute atomic E-state index is 12.9. The first kappa shape index (κ1) is 12.1. The first-order valence-electron chi connectivity index (χ1n) is 4.40. The van der Waals surface area contributed by atoms with E-state index in [-0.39, 0.29) is 25.9 Å². The number of halogens is 1. The molecule has 0 saturated carbocycles. The second-order valence-electron chi connectivity index (χ2n) is 3.17. The van der Waals surface area contributed by atoms with Gasteiger partial charge in [0.2, 0.25) is 0 Å². The fraction of sp³-hybridized carbons (Fsp3) is 0.182. The third-order valence-electron chi connectivity index (χ3n) is 2.11. The Morgan fingerprint density at radius 3 is 2.93 bits per heavy atom. The van der Waals surface area contributed by atoms with Gasteiger partial charge in [0.25, 0.3) is 0 Å². The van der Waals surface area contributed by atoms with E-state index in [1.54, 1.807) is 16.9 Å². The summed E-state index contributed by atoms with van der Waals surface area (Å²) < 4.78 is 14.6. The van der Waals surface area contributed by atoms with Crippen LogP contribution >= 0.6 is 0 Å². The van der Waals surface area contributed by atoms with Gasteiger partial charge in [-0.1, -0.05) is 6.92 Å². The van der Waals surface area contributed by atoms with Gasteiger partial charge in [-0.3, -0.25) is 4.68 Å². The Morgan fingerprint density at radius 1 is 1.47 bits per heavy atom. The first-order chi connectivity index (χ1) is 6.75. The maximum atomic E-state index is 12.9. The Kier molecular flexibility index (Phi) is 4.18.